The molecule has 0 aromatic carbocycles. The monoisotopic (exact) mass is 158 g/mol. The quantitative estimate of drug-likeness (QED) is 0.612. The highest BCUT2D eigenvalue weighted by Crippen LogP contribution is 2.07. The van der Waals surface area contributed by atoms with E-state index in [1.165, 1.54) is 0 Å². The Hall–Kier alpha value is -0.370. The zero-order chi connectivity index (χ0) is 8.85. The maximum Gasteiger partial charge on any atom is 0.164 e. The predicted octanol–water partition coefficient (Wildman–Crippen LogP) is 2.03. The molecule has 0 amide bonds. The van der Waals surface area contributed by atoms with Crippen LogP contribution in [0.15, 0.2) is 0 Å². The van der Waals surface area contributed by atoms with Crippen LogP contribution in [0.3, 0.4) is 0 Å². The average molecular weight is 158 g/mol. The van der Waals surface area contributed by atoms with Gasteiger partial charge in [0.15, 0.2) is 5.78 Å². The van der Waals surface area contributed by atoms with E-state index in [0.29, 0.717) is 6.61 Å². The molecule has 2 unspecified atom stereocenters. The third kappa shape index (κ3) is 3.51. The first-order chi connectivity index (χ1) is 5.13. The standard InChI is InChI=1S/C9H18O2/c1-5-7(3)9(10)8(4)11-6-2/h7-8H,5-6H2,1-4H3. The fourth-order valence-corrected chi connectivity index (χ4v) is 0.934. The molecule has 11 heavy (non-hydrogen) atoms. The average Bonchev–Trinajstić information content (AvgIpc) is 2.02. The molecule has 0 radical (unpaired) electrons. The van der Waals surface area contributed by atoms with Crippen LogP contribution in [0.1, 0.15) is 34.1 Å². The number of hydrogen-bond donors (Lipinski definition) is 0. The van der Waals surface area contributed by atoms with Gasteiger partial charge in [-0.1, -0.05) is 13.8 Å². The van der Waals surface area contributed by atoms with Crippen molar-refractivity contribution >= 4 is 5.78 Å². The van der Waals surface area contributed by atoms with Crippen molar-refractivity contribution in [3.05, 3.63) is 0 Å². The van der Waals surface area contributed by atoms with E-state index in [2.05, 4.69) is 0 Å². The summed E-state index contributed by atoms with van der Waals surface area (Å²) in [5.74, 6) is 0.353. The molecule has 0 N–H and O–H groups in total. The van der Waals surface area contributed by atoms with E-state index in [1.807, 2.05) is 27.7 Å². The topological polar surface area (TPSA) is 26.3 Å². The van der Waals surface area contributed by atoms with Crippen LogP contribution >= 0.6 is 0 Å². The van der Waals surface area contributed by atoms with Gasteiger partial charge in [0, 0.05) is 12.5 Å². The molecule has 0 aliphatic heterocycles. The van der Waals surface area contributed by atoms with E-state index >= 15 is 0 Å². The summed E-state index contributed by atoms with van der Waals surface area (Å²) in [4.78, 5) is 11.3. The largest absolute Gasteiger partial charge is 0.371 e. The van der Waals surface area contributed by atoms with Crippen LogP contribution in [0.5, 0.6) is 0 Å². The van der Waals surface area contributed by atoms with Crippen molar-refractivity contribution in [3.8, 4) is 0 Å². The third-order valence-corrected chi connectivity index (χ3v) is 1.92. The number of carbonyl (C=O) groups excluding carboxylic acids is 1. The van der Waals surface area contributed by atoms with Gasteiger partial charge in [-0.05, 0) is 20.3 Å². The second-order valence-corrected chi connectivity index (χ2v) is 2.81. The Kier molecular flexibility index (Phi) is 5.12. The zero-order valence-corrected chi connectivity index (χ0v) is 7.89. The van der Waals surface area contributed by atoms with Crippen LogP contribution < -0.4 is 0 Å². The summed E-state index contributed by atoms with van der Waals surface area (Å²) >= 11 is 0. The number of carbonyl (C=O) groups is 1. The molecule has 0 aliphatic rings. The van der Waals surface area contributed by atoms with Crippen LogP contribution in [0.4, 0.5) is 0 Å². The Bertz CT molecular complexity index is 121. The zero-order valence-electron chi connectivity index (χ0n) is 7.89. The molecule has 0 bridgehead atoms. The summed E-state index contributed by atoms with van der Waals surface area (Å²) in [6.45, 7) is 8.29. The minimum Gasteiger partial charge on any atom is -0.371 e. The van der Waals surface area contributed by atoms with E-state index in [1.54, 1.807) is 0 Å². The Morgan fingerprint density at radius 1 is 1.36 bits per heavy atom. The fraction of sp³-hybridized carbons (Fsp3) is 0.889. The van der Waals surface area contributed by atoms with Gasteiger partial charge in [0.1, 0.15) is 6.10 Å². The van der Waals surface area contributed by atoms with Crippen molar-refractivity contribution in [2.24, 2.45) is 5.92 Å². The highest BCUT2D eigenvalue weighted by molar-refractivity contribution is 5.84. The molecule has 0 saturated carbocycles. The van der Waals surface area contributed by atoms with Crippen LogP contribution in [0.2, 0.25) is 0 Å². The lowest BCUT2D eigenvalue weighted by atomic mass is 10.0. The van der Waals surface area contributed by atoms with Gasteiger partial charge in [-0.2, -0.15) is 0 Å². The van der Waals surface area contributed by atoms with Gasteiger partial charge < -0.3 is 4.74 Å². The molecule has 0 heterocycles. The lowest BCUT2D eigenvalue weighted by molar-refractivity contribution is -0.132. The van der Waals surface area contributed by atoms with Crippen LogP contribution in [0, 0.1) is 5.92 Å². The first kappa shape index (κ1) is 10.6. The molecule has 66 valence electrons. The van der Waals surface area contributed by atoms with Crippen molar-refractivity contribution in [2.45, 2.75) is 40.2 Å². The molecule has 2 atom stereocenters. The molecule has 2 nitrogen and oxygen atoms in total. The van der Waals surface area contributed by atoms with E-state index in [-0.39, 0.29) is 17.8 Å². The minimum absolute atomic E-state index is 0.136. The Morgan fingerprint density at radius 2 is 1.91 bits per heavy atom. The minimum atomic E-state index is -0.227. The van der Waals surface area contributed by atoms with Gasteiger partial charge in [0.05, 0.1) is 0 Å². The summed E-state index contributed by atoms with van der Waals surface area (Å²) in [6.07, 6.45) is 0.672. The lowest BCUT2D eigenvalue weighted by Crippen LogP contribution is -2.26. The highest BCUT2D eigenvalue weighted by atomic mass is 16.5. The Balaban J connectivity index is 3.81. The van der Waals surface area contributed by atoms with Gasteiger partial charge in [-0.3, -0.25) is 4.79 Å². The van der Waals surface area contributed by atoms with Crippen molar-refractivity contribution < 1.29 is 9.53 Å². The predicted molar refractivity (Wildman–Crippen MR) is 45.6 cm³/mol. The van der Waals surface area contributed by atoms with Crippen molar-refractivity contribution in [1.29, 1.82) is 0 Å². The van der Waals surface area contributed by atoms with Crippen LogP contribution in [0.25, 0.3) is 0 Å². The second kappa shape index (κ2) is 5.30. The highest BCUT2D eigenvalue weighted by Gasteiger charge is 2.17. The second-order valence-electron chi connectivity index (χ2n) is 2.81. The van der Waals surface area contributed by atoms with Gasteiger partial charge in [0.2, 0.25) is 0 Å². The maximum atomic E-state index is 11.3. The molecular formula is C9H18O2. The van der Waals surface area contributed by atoms with Crippen molar-refractivity contribution in [2.75, 3.05) is 6.61 Å². The lowest BCUT2D eigenvalue weighted by Gasteiger charge is -2.14. The Morgan fingerprint density at radius 3 is 2.27 bits per heavy atom. The smallest absolute Gasteiger partial charge is 0.164 e. The molecule has 0 saturated heterocycles. The molecular weight excluding hydrogens is 140 g/mol. The summed E-state index contributed by atoms with van der Waals surface area (Å²) in [7, 11) is 0. The number of ketones is 1. The summed E-state index contributed by atoms with van der Waals surface area (Å²) in [5.41, 5.74) is 0. The van der Waals surface area contributed by atoms with Gasteiger partial charge in [-0.15, -0.1) is 0 Å². The summed E-state index contributed by atoms with van der Waals surface area (Å²) < 4.78 is 5.18. The van der Waals surface area contributed by atoms with Crippen LogP contribution in [-0.2, 0) is 9.53 Å². The first-order valence-corrected chi connectivity index (χ1v) is 4.28. The van der Waals surface area contributed by atoms with E-state index in [0.717, 1.165) is 6.42 Å². The normalized spacial score (nSPS) is 16.0. The third-order valence-electron chi connectivity index (χ3n) is 1.92. The molecule has 0 spiro atoms. The van der Waals surface area contributed by atoms with Gasteiger partial charge in [0.25, 0.3) is 0 Å². The van der Waals surface area contributed by atoms with Crippen LogP contribution in [-0.4, -0.2) is 18.5 Å². The van der Waals surface area contributed by atoms with Crippen molar-refractivity contribution in [3.63, 3.8) is 0 Å². The molecule has 0 aliphatic carbocycles. The van der Waals surface area contributed by atoms with E-state index < -0.39 is 0 Å². The molecule has 0 aromatic rings. The van der Waals surface area contributed by atoms with Crippen molar-refractivity contribution in [1.82, 2.24) is 0 Å². The van der Waals surface area contributed by atoms with E-state index in [9.17, 15) is 4.79 Å². The van der Waals surface area contributed by atoms with E-state index in [4.69, 9.17) is 4.74 Å². The first-order valence-electron chi connectivity index (χ1n) is 4.28. The molecule has 0 aromatic heterocycles. The van der Waals surface area contributed by atoms with Gasteiger partial charge >= 0.3 is 0 Å². The number of Topliss-reactive ketones (excluding diaryl/α,β-unsaturated/α-hetero) is 1. The fourth-order valence-electron chi connectivity index (χ4n) is 0.934. The maximum absolute atomic E-state index is 11.3. The number of ether oxygens (including phenoxy) is 1. The number of rotatable bonds is 5. The summed E-state index contributed by atoms with van der Waals surface area (Å²) in [6, 6.07) is 0. The summed E-state index contributed by atoms with van der Waals surface area (Å²) in [5, 5.41) is 0. The molecule has 0 fully saturated rings. The molecule has 2 heteroatoms. The Labute approximate surface area is 68.9 Å². The number of hydrogen-bond acceptors (Lipinski definition) is 2. The van der Waals surface area contributed by atoms with Gasteiger partial charge in [-0.25, -0.2) is 0 Å². The SMILES string of the molecule is CCOC(C)C(=O)C(C)CC. The molecule has 0 rings (SSSR count).